The lowest BCUT2D eigenvalue weighted by atomic mass is 9.97. The average Bonchev–Trinajstić information content (AvgIpc) is 2.75. The van der Waals surface area contributed by atoms with E-state index in [1.54, 1.807) is 18.2 Å². The number of hydrogen-bond donors (Lipinski definition) is 0. The van der Waals surface area contributed by atoms with Crippen LogP contribution in [0.5, 0.6) is 0 Å². The first-order valence-electron chi connectivity index (χ1n) is 14.3. The van der Waals surface area contributed by atoms with Gasteiger partial charge in [-0.3, -0.25) is 4.79 Å². The topological polar surface area (TPSA) is 78.9 Å². The highest BCUT2D eigenvalue weighted by Gasteiger charge is 2.54. The van der Waals surface area contributed by atoms with Crippen molar-refractivity contribution < 1.29 is 26.5 Å². The van der Waals surface area contributed by atoms with Gasteiger partial charge in [0.1, 0.15) is 17.1 Å². The first-order chi connectivity index (χ1) is 17.7. The number of benzene rings is 1. The zero-order chi connectivity index (χ0) is 31.3. The molecule has 6 nitrogen and oxygen atoms in total. The maximum absolute atomic E-state index is 14.3. The second-order valence-electron chi connectivity index (χ2n) is 15.7. The van der Waals surface area contributed by atoms with E-state index in [9.17, 15) is 13.2 Å². The van der Waals surface area contributed by atoms with Gasteiger partial charge in [-0.05, 0) is 72.6 Å². The van der Waals surface area contributed by atoms with Crippen molar-refractivity contribution in [3.63, 3.8) is 0 Å². The van der Waals surface area contributed by atoms with Crippen molar-refractivity contribution in [2.45, 2.75) is 140 Å². The molecule has 1 aliphatic rings. The van der Waals surface area contributed by atoms with Gasteiger partial charge < -0.3 is 13.3 Å². The van der Waals surface area contributed by atoms with Gasteiger partial charge in [0.05, 0.1) is 11.0 Å². The van der Waals surface area contributed by atoms with Crippen molar-refractivity contribution >= 4 is 40.6 Å². The van der Waals surface area contributed by atoms with Crippen molar-refractivity contribution in [2.75, 3.05) is 0 Å². The van der Waals surface area contributed by atoms with E-state index in [0.29, 0.717) is 0 Å². The van der Waals surface area contributed by atoms with Crippen LogP contribution >= 0.6 is 0 Å². The Balaban J connectivity index is 2.87. The Morgan fingerprint density at radius 2 is 1.05 bits per heavy atom. The van der Waals surface area contributed by atoms with Crippen LogP contribution in [-0.4, -0.2) is 57.5 Å². The maximum Gasteiger partial charge on any atom is 0.209 e. The summed E-state index contributed by atoms with van der Waals surface area (Å²) in [6.45, 7) is 31.9. The molecule has 0 N–H and O–H groups in total. The molecule has 0 fully saturated rings. The van der Waals surface area contributed by atoms with Crippen LogP contribution < -0.4 is 0 Å². The molecule has 40 heavy (non-hydrogen) atoms. The summed E-state index contributed by atoms with van der Waals surface area (Å²) in [6.07, 6.45) is -1.08. The number of carbonyl (C=O) groups excluding carboxylic acids is 1. The first-order valence-corrected chi connectivity index (χ1v) is 24.5. The van der Waals surface area contributed by atoms with Crippen LogP contribution in [0, 0.1) is 0 Å². The summed E-state index contributed by atoms with van der Waals surface area (Å²) in [7, 11) is -11.5. The van der Waals surface area contributed by atoms with Gasteiger partial charge >= 0.3 is 0 Å². The Morgan fingerprint density at radius 1 is 0.650 bits per heavy atom. The third kappa shape index (κ3) is 7.36. The van der Waals surface area contributed by atoms with E-state index in [-0.39, 0.29) is 24.9 Å². The fraction of sp³-hybridized carbons (Fsp3) is 0.700. The summed E-state index contributed by atoms with van der Waals surface area (Å²) in [5.74, 6) is -0.549. The molecule has 0 saturated carbocycles. The fourth-order valence-corrected chi connectivity index (χ4v) is 8.84. The van der Waals surface area contributed by atoms with Gasteiger partial charge in [0.2, 0.25) is 15.6 Å². The van der Waals surface area contributed by atoms with Crippen molar-refractivity contribution in [3.05, 3.63) is 41.3 Å². The first kappa shape index (κ1) is 35.3. The molecule has 1 aliphatic carbocycles. The molecule has 3 atom stereocenters. The second kappa shape index (κ2) is 11.3. The van der Waals surface area contributed by atoms with Gasteiger partial charge in [-0.2, -0.15) is 0 Å². The molecule has 1 aromatic rings. The van der Waals surface area contributed by atoms with E-state index < -0.39 is 58.9 Å². The van der Waals surface area contributed by atoms with Gasteiger partial charge in [0, 0.05) is 0 Å². The minimum absolute atomic E-state index is 0.0792. The van der Waals surface area contributed by atoms with E-state index in [1.165, 1.54) is 18.2 Å². The Morgan fingerprint density at radius 3 is 1.48 bits per heavy atom. The molecule has 0 amide bonds. The Bertz CT molecular complexity index is 1200. The number of rotatable bonds is 8. The number of carbonyl (C=O) groups is 1. The Kier molecular flexibility index (Phi) is 9.99. The molecule has 0 spiro atoms. The Labute approximate surface area is 247 Å². The molecule has 0 heterocycles. The molecular formula is C30H54O6SSi3. The van der Waals surface area contributed by atoms with Crippen LogP contribution in [0.2, 0.25) is 54.4 Å². The molecule has 228 valence electrons. The number of sulfone groups is 1. The summed E-state index contributed by atoms with van der Waals surface area (Å²) in [6, 6.07) is 8.13. The lowest BCUT2D eigenvalue weighted by Gasteiger charge is -2.49. The normalized spacial score (nSPS) is 22.3. The smallest absolute Gasteiger partial charge is 0.209 e. The molecule has 0 radical (unpaired) electrons. The molecular weight excluding hydrogens is 573 g/mol. The maximum atomic E-state index is 14.3. The lowest BCUT2D eigenvalue weighted by Crippen LogP contribution is -2.61. The van der Waals surface area contributed by atoms with Gasteiger partial charge in [0.15, 0.2) is 25.0 Å². The van der Waals surface area contributed by atoms with Crippen LogP contribution in [0.1, 0.15) is 62.3 Å². The summed E-state index contributed by atoms with van der Waals surface area (Å²) >= 11 is 0. The molecule has 10 heteroatoms. The zero-order valence-electron chi connectivity index (χ0n) is 27.6. The Hall–Kier alpha value is -0.889. The minimum Gasteiger partial charge on any atom is -0.408 e. The van der Waals surface area contributed by atoms with Gasteiger partial charge in [-0.25, -0.2) is 8.42 Å². The molecule has 0 saturated heterocycles. The molecule has 0 unspecified atom stereocenters. The van der Waals surface area contributed by atoms with E-state index in [0.717, 1.165) is 0 Å². The number of Topliss-reactive ketones (excluding diaryl/α,β-unsaturated/α-hetero) is 1. The van der Waals surface area contributed by atoms with Crippen LogP contribution in [0.25, 0.3) is 0 Å². The lowest BCUT2D eigenvalue weighted by molar-refractivity contribution is -0.131. The fourth-order valence-electron chi connectivity index (χ4n) is 3.62. The summed E-state index contributed by atoms with van der Waals surface area (Å²) < 4.78 is 48.7. The highest BCUT2D eigenvalue weighted by molar-refractivity contribution is 7.96. The van der Waals surface area contributed by atoms with Crippen LogP contribution in [-0.2, 0) is 27.9 Å². The SMILES string of the molecule is CC(C)(C)[Si](C)(C)O[C@H]1[C@@H](O[Si](C)(C)C(C)(C)C)C=C(S(=O)(=O)c2ccccc2)C(=O)[C@@H]1O[Si](C)(C)C(C)(C)C. The van der Waals surface area contributed by atoms with E-state index in [2.05, 4.69) is 102 Å². The minimum atomic E-state index is -4.12. The number of hydrogen-bond acceptors (Lipinski definition) is 6. The summed E-state index contributed by atoms with van der Waals surface area (Å²) in [5, 5.41) is -0.485. The van der Waals surface area contributed by atoms with Crippen molar-refractivity contribution in [2.24, 2.45) is 0 Å². The monoisotopic (exact) mass is 626 g/mol. The third-order valence-corrected chi connectivity index (χ3v) is 24.7. The van der Waals surface area contributed by atoms with Crippen molar-refractivity contribution in [3.8, 4) is 0 Å². The van der Waals surface area contributed by atoms with Crippen LogP contribution in [0.15, 0.2) is 46.2 Å². The standard InChI is InChI=1S/C30H54O6SSi3/c1-28(2,3)38(10,11)34-23-21-24(37(32,33)22-19-17-16-18-20-22)25(31)27(36-40(14,15)30(7,8)9)26(23)35-39(12,13)29(4,5)6/h16-21,23,26-27H,1-15H3/t23-,26-,27-/m0/s1. The molecule has 0 bridgehead atoms. The predicted octanol–water partition coefficient (Wildman–Crippen LogP) is 8.10. The molecule has 0 aliphatic heterocycles. The predicted molar refractivity (Wildman–Crippen MR) is 173 cm³/mol. The molecule has 1 aromatic carbocycles. The van der Waals surface area contributed by atoms with E-state index in [1.807, 2.05) is 0 Å². The van der Waals surface area contributed by atoms with Gasteiger partial charge in [0.25, 0.3) is 0 Å². The summed E-state index contributed by atoms with van der Waals surface area (Å²) in [5.41, 5.74) is 0. The van der Waals surface area contributed by atoms with Crippen LogP contribution in [0.4, 0.5) is 0 Å². The van der Waals surface area contributed by atoms with Gasteiger partial charge in [-0.1, -0.05) is 80.5 Å². The van der Waals surface area contributed by atoms with Crippen molar-refractivity contribution in [1.82, 2.24) is 0 Å². The second-order valence-corrected chi connectivity index (χ2v) is 31.9. The van der Waals surface area contributed by atoms with Gasteiger partial charge in [-0.15, -0.1) is 0 Å². The highest BCUT2D eigenvalue weighted by atomic mass is 32.2. The third-order valence-electron chi connectivity index (χ3n) is 9.48. The quantitative estimate of drug-likeness (QED) is 0.271. The highest BCUT2D eigenvalue weighted by Crippen LogP contribution is 2.45. The summed E-state index contributed by atoms with van der Waals surface area (Å²) in [4.78, 5) is 14.2. The molecule has 2 rings (SSSR count). The average molecular weight is 627 g/mol. The van der Waals surface area contributed by atoms with Crippen molar-refractivity contribution in [1.29, 1.82) is 0 Å². The molecule has 0 aromatic heterocycles. The number of ketones is 1. The largest absolute Gasteiger partial charge is 0.408 e. The van der Waals surface area contributed by atoms with E-state index in [4.69, 9.17) is 13.3 Å². The zero-order valence-corrected chi connectivity index (χ0v) is 31.4. The van der Waals surface area contributed by atoms with E-state index >= 15 is 0 Å². The van der Waals surface area contributed by atoms with Crippen LogP contribution in [0.3, 0.4) is 0 Å².